The lowest BCUT2D eigenvalue weighted by Crippen LogP contribution is -2.18. The molecule has 0 aliphatic heterocycles. The second-order valence-electron chi connectivity index (χ2n) is 3.14. The molecule has 0 saturated heterocycles. The molecule has 0 fully saturated rings. The zero-order valence-corrected chi connectivity index (χ0v) is 9.07. The summed E-state index contributed by atoms with van der Waals surface area (Å²) in [7, 11) is 3.02. The summed E-state index contributed by atoms with van der Waals surface area (Å²) < 4.78 is 4.88. The van der Waals surface area contributed by atoms with E-state index in [-0.39, 0.29) is 29.4 Å². The summed E-state index contributed by atoms with van der Waals surface area (Å²) in [6.07, 6.45) is 0. The van der Waals surface area contributed by atoms with Gasteiger partial charge in [-0.1, -0.05) is 0 Å². The smallest absolute Gasteiger partial charge is 0.176 e. The van der Waals surface area contributed by atoms with E-state index in [0.717, 1.165) is 0 Å². The van der Waals surface area contributed by atoms with Gasteiger partial charge in [0.15, 0.2) is 17.3 Å². The van der Waals surface area contributed by atoms with E-state index in [9.17, 15) is 9.90 Å². The standard InChI is InChI=1S/C11H12N2O3/c1-13-6-9(14)7-3-8(5-12)11(15)10(4-7)16-2/h3-4,13,15H,6H2,1-2H3. The third kappa shape index (κ3) is 2.30. The number of phenols is 1. The highest BCUT2D eigenvalue weighted by Crippen LogP contribution is 2.30. The first kappa shape index (κ1) is 12.0. The first-order chi connectivity index (χ1) is 7.63. The number of hydrogen-bond acceptors (Lipinski definition) is 5. The van der Waals surface area contributed by atoms with Crippen molar-refractivity contribution >= 4 is 5.78 Å². The van der Waals surface area contributed by atoms with Gasteiger partial charge < -0.3 is 15.2 Å². The summed E-state index contributed by atoms with van der Waals surface area (Å²) in [6.45, 7) is 0.165. The molecule has 0 bridgehead atoms. The van der Waals surface area contributed by atoms with Crippen molar-refractivity contribution in [3.63, 3.8) is 0 Å². The monoisotopic (exact) mass is 220 g/mol. The largest absolute Gasteiger partial charge is 0.503 e. The third-order valence-corrected chi connectivity index (χ3v) is 2.07. The number of ether oxygens (including phenoxy) is 1. The van der Waals surface area contributed by atoms with Gasteiger partial charge in [0.25, 0.3) is 0 Å². The SMILES string of the molecule is CNCC(=O)c1cc(C#N)c(O)c(OC)c1. The van der Waals surface area contributed by atoms with Crippen molar-refractivity contribution < 1.29 is 14.6 Å². The highest BCUT2D eigenvalue weighted by molar-refractivity contribution is 5.98. The fraction of sp³-hybridized carbons (Fsp3) is 0.273. The van der Waals surface area contributed by atoms with Crippen molar-refractivity contribution in [2.45, 2.75) is 0 Å². The van der Waals surface area contributed by atoms with E-state index < -0.39 is 0 Å². The van der Waals surface area contributed by atoms with Gasteiger partial charge in [-0.2, -0.15) is 5.26 Å². The molecule has 0 saturated carbocycles. The van der Waals surface area contributed by atoms with Crippen LogP contribution in [0.2, 0.25) is 0 Å². The predicted octanol–water partition coefficient (Wildman–Crippen LogP) is 0.675. The van der Waals surface area contributed by atoms with Crippen LogP contribution in [0.15, 0.2) is 12.1 Å². The lowest BCUT2D eigenvalue weighted by Gasteiger charge is -2.07. The summed E-state index contributed by atoms with van der Waals surface area (Å²) in [6, 6.07) is 4.56. The lowest BCUT2D eigenvalue weighted by atomic mass is 10.1. The van der Waals surface area contributed by atoms with E-state index in [1.165, 1.54) is 19.2 Å². The first-order valence-electron chi connectivity index (χ1n) is 4.63. The van der Waals surface area contributed by atoms with Crippen molar-refractivity contribution in [3.8, 4) is 17.6 Å². The molecule has 5 heteroatoms. The number of nitriles is 1. The lowest BCUT2D eigenvalue weighted by molar-refractivity contribution is 0.0993. The average Bonchev–Trinajstić information content (AvgIpc) is 2.29. The van der Waals surface area contributed by atoms with Gasteiger partial charge in [0.05, 0.1) is 19.2 Å². The number of Topliss-reactive ketones (excluding diaryl/α,β-unsaturated/α-hetero) is 1. The van der Waals surface area contributed by atoms with Gasteiger partial charge in [-0.05, 0) is 19.2 Å². The Morgan fingerprint density at radius 2 is 2.31 bits per heavy atom. The molecule has 0 radical (unpaired) electrons. The molecule has 0 heterocycles. The normalized spacial score (nSPS) is 9.56. The Hall–Kier alpha value is -2.06. The van der Waals surface area contributed by atoms with E-state index in [1.54, 1.807) is 13.1 Å². The van der Waals surface area contributed by atoms with Crippen LogP contribution in [0.25, 0.3) is 0 Å². The molecule has 0 spiro atoms. The fourth-order valence-corrected chi connectivity index (χ4v) is 1.27. The van der Waals surface area contributed by atoms with E-state index in [4.69, 9.17) is 10.00 Å². The first-order valence-corrected chi connectivity index (χ1v) is 4.63. The Kier molecular flexibility index (Phi) is 3.86. The van der Waals surface area contributed by atoms with Crippen molar-refractivity contribution in [1.82, 2.24) is 5.32 Å². The maximum Gasteiger partial charge on any atom is 0.176 e. The van der Waals surface area contributed by atoms with Crippen LogP contribution in [0, 0.1) is 11.3 Å². The van der Waals surface area contributed by atoms with Crippen LogP contribution in [0.1, 0.15) is 15.9 Å². The molecule has 0 atom stereocenters. The van der Waals surface area contributed by atoms with E-state index in [1.807, 2.05) is 0 Å². The number of carbonyl (C=O) groups is 1. The van der Waals surface area contributed by atoms with E-state index >= 15 is 0 Å². The highest BCUT2D eigenvalue weighted by Gasteiger charge is 2.14. The molecular weight excluding hydrogens is 208 g/mol. The number of likely N-dealkylation sites (N-methyl/N-ethyl adjacent to an activating group) is 1. The van der Waals surface area contributed by atoms with Gasteiger partial charge in [-0.25, -0.2) is 0 Å². The second kappa shape index (κ2) is 5.14. The molecule has 84 valence electrons. The molecule has 5 nitrogen and oxygen atoms in total. The molecule has 0 aromatic heterocycles. The Morgan fingerprint density at radius 1 is 1.62 bits per heavy atom. The quantitative estimate of drug-likeness (QED) is 0.729. The van der Waals surface area contributed by atoms with Crippen molar-refractivity contribution in [2.24, 2.45) is 0 Å². The topological polar surface area (TPSA) is 82.4 Å². The molecule has 0 unspecified atom stereocenters. The van der Waals surface area contributed by atoms with Crippen LogP contribution in [0.3, 0.4) is 0 Å². The van der Waals surface area contributed by atoms with Crippen molar-refractivity contribution in [3.05, 3.63) is 23.3 Å². The maximum absolute atomic E-state index is 11.6. The number of aromatic hydroxyl groups is 1. The van der Waals surface area contributed by atoms with Crippen molar-refractivity contribution in [2.75, 3.05) is 20.7 Å². The molecule has 1 aromatic rings. The summed E-state index contributed by atoms with van der Waals surface area (Å²) in [4.78, 5) is 11.6. The van der Waals surface area contributed by atoms with Crippen LogP contribution >= 0.6 is 0 Å². The Balaban J connectivity index is 3.23. The molecule has 1 rings (SSSR count). The number of methoxy groups -OCH3 is 1. The Morgan fingerprint density at radius 3 is 2.81 bits per heavy atom. The predicted molar refractivity (Wildman–Crippen MR) is 57.6 cm³/mol. The number of nitrogens with one attached hydrogen (secondary N) is 1. The summed E-state index contributed by atoms with van der Waals surface area (Å²) in [5, 5.41) is 21.1. The van der Waals surface area contributed by atoms with Gasteiger partial charge in [-0.15, -0.1) is 0 Å². The number of phenolic OH excluding ortho intramolecular Hbond substituents is 1. The van der Waals surface area contributed by atoms with Crippen LogP contribution in [-0.2, 0) is 0 Å². The minimum absolute atomic E-state index is 0.0267. The minimum atomic E-state index is -0.244. The highest BCUT2D eigenvalue weighted by atomic mass is 16.5. The van der Waals surface area contributed by atoms with Gasteiger partial charge in [0, 0.05) is 5.56 Å². The van der Waals surface area contributed by atoms with Crippen LogP contribution in [0.5, 0.6) is 11.5 Å². The minimum Gasteiger partial charge on any atom is -0.503 e. The molecule has 0 amide bonds. The fourth-order valence-electron chi connectivity index (χ4n) is 1.27. The molecule has 0 aliphatic carbocycles. The number of carbonyl (C=O) groups excluding carboxylic acids is 1. The number of hydrogen-bond donors (Lipinski definition) is 2. The second-order valence-corrected chi connectivity index (χ2v) is 3.14. The summed E-state index contributed by atoms with van der Waals surface area (Å²) in [5.41, 5.74) is 0.361. The van der Waals surface area contributed by atoms with Crippen LogP contribution in [0.4, 0.5) is 0 Å². The zero-order valence-electron chi connectivity index (χ0n) is 9.07. The third-order valence-electron chi connectivity index (χ3n) is 2.07. The summed E-state index contributed by atoms with van der Waals surface area (Å²) in [5.74, 6) is -0.290. The molecular formula is C11H12N2O3. The van der Waals surface area contributed by atoms with Gasteiger partial charge in [0.2, 0.25) is 0 Å². The number of benzene rings is 1. The molecule has 1 aromatic carbocycles. The average molecular weight is 220 g/mol. The van der Waals surface area contributed by atoms with E-state index in [2.05, 4.69) is 5.32 Å². The van der Waals surface area contributed by atoms with Gasteiger partial charge in [0.1, 0.15) is 6.07 Å². The van der Waals surface area contributed by atoms with Crippen molar-refractivity contribution in [1.29, 1.82) is 5.26 Å². The Labute approximate surface area is 93.3 Å². The van der Waals surface area contributed by atoms with Crippen LogP contribution in [-0.4, -0.2) is 31.6 Å². The number of rotatable bonds is 4. The zero-order chi connectivity index (χ0) is 12.1. The van der Waals surface area contributed by atoms with Gasteiger partial charge in [-0.3, -0.25) is 4.79 Å². The molecule has 16 heavy (non-hydrogen) atoms. The van der Waals surface area contributed by atoms with Crippen LogP contribution < -0.4 is 10.1 Å². The van der Waals surface area contributed by atoms with E-state index in [0.29, 0.717) is 5.56 Å². The Bertz CT molecular complexity index is 449. The number of nitrogens with zero attached hydrogens (tertiary/aromatic N) is 1. The molecule has 2 N–H and O–H groups in total. The summed E-state index contributed by atoms with van der Waals surface area (Å²) >= 11 is 0. The van der Waals surface area contributed by atoms with Gasteiger partial charge >= 0.3 is 0 Å². The molecule has 0 aliphatic rings. The number of ketones is 1. The maximum atomic E-state index is 11.6.